The molecule has 2 heterocycles. The Morgan fingerprint density at radius 2 is 1.96 bits per heavy atom. The zero-order valence-corrected chi connectivity index (χ0v) is 13.6. The van der Waals surface area contributed by atoms with Crippen molar-refractivity contribution in [3.63, 3.8) is 0 Å². The fraction of sp³-hybridized carbons (Fsp3) is 0.188. The maximum Gasteiger partial charge on any atom is 0.264 e. The fourth-order valence-electron chi connectivity index (χ4n) is 2.44. The number of hydrogen-bond acceptors (Lipinski definition) is 6. The van der Waals surface area contributed by atoms with Crippen LogP contribution in [0.15, 0.2) is 41.6 Å². The summed E-state index contributed by atoms with van der Waals surface area (Å²) in [5.74, 6) is -0.988. The highest BCUT2D eigenvalue weighted by molar-refractivity contribution is 5.94. The number of aliphatic hydroxyl groups is 1. The van der Waals surface area contributed by atoms with Crippen LogP contribution in [0.5, 0.6) is 0 Å². The summed E-state index contributed by atoms with van der Waals surface area (Å²) in [7, 11) is 0. The molecule has 0 aliphatic rings. The Labute approximate surface area is 146 Å². The molecule has 0 saturated carbocycles. The standard InChI is InChI=1S/C16H16N6O4/c17-14(25)10-1-3-11(4-2-10)20-13(24)8-21-9-18-15-12(16(21)26)7-19-22(15)5-6-23/h1-4,7,9,23H,5-6,8H2,(H2,17,25)(H,20,24). The van der Waals surface area contributed by atoms with Gasteiger partial charge in [0, 0.05) is 11.3 Å². The minimum absolute atomic E-state index is 0.126. The van der Waals surface area contributed by atoms with E-state index in [1.807, 2.05) is 0 Å². The minimum atomic E-state index is -0.560. The van der Waals surface area contributed by atoms with Gasteiger partial charge in [0.2, 0.25) is 11.8 Å². The Balaban J connectivity index is 1.75. The number of nitrogens with one attached hydrogen (secondary N) is 1. The number of nitrogens with two attached hydrogens (primary N) is 1. The summed E-state index contributed by atoms with van der Waals surface area (Å²) >= 11 is 0. The lowest BCUT2D eigenvalue weighted by molar-refractivity contribution is -0.116. The molecular formula is C16H16N6O4. The summed E-state index contributed by atoms with van der Waals surface area (Å²) < 4.78 is 2.59. The van der Waals surface area contributed by atoms with Crippen LogP contribution in [0.1, 0.15) is 10.4 Å². The molecule has 2 aromatic heterocycles. The zero-order chi connectivity index (χ0) is 18.7. The lowest BCUT2D eigenvalue weighted by Gasteiger charge is -2.08. The van der Waals surface area contributed by atoms with Gasteiger partial charge in [-0.1, -0.05) is 0 Å². The van der Waals surface area contributed by atoms with Crippen LogP contribution < -0.4 is 16.6 Å². The highest BCUT2D eigenvalue weighted by Gasteiger charge is 2.12. The molecule has 4 N–H and O–H groups in total. The number of hydrogen-bond donors (Lipinski definition) is 3. The van der Waals surface area contributed by atoms with Gasteiger partial charge in [0.1, 0.15) is 18.3 Å². The number of aromatic nitrogens is 4. The third kappa shape index (κ3) is 3.44. The van der Waals surface area contributed by atoms with Gasteiger partial charge in [0.15, 0.2) is 5.65 Å². The Bertz CT molecular complexity index is 1020. The second-order valence-electron chi connectivity index (χ2n) is 5.50. The number of primary amides is 1. The van der Waals surface area contributed by atoms with Crippen LogP contribution in [-0.2, 0) is 17.9 Å². The van der Waals surface area contributed by atoms with E-state index in [9.17, 15) is 14.4 Å². The number of carbonyl (C=O) groups is 2. The summed E-state index contributed by atoms with van der Waals surface area (Å²) in [4.78, 5) is 39.7. The van der Waals surface area contributed by atoms with Crippen molar-refractivity contribution in [3.8, 4) is 0 Å². The number of rotatable bonds is 6. The van der Waals surface area contributed by atoms with Crippen molar-refractivity contribution in [2.75, 3.05) is 11.9 Å². The molecule has 2 amide bonds. The van der Waals surface area contributed by atoms with Crippen molar-refractivity contribution in [1.29, 1.82) is 0 Å². The van der Waals surface area contributed by atoms with E-state index in [1.54, 1.807) is 12.1 Å². The number of benzene rings is 1. The highest BCUT2D eigenvalue weighted by Crippen LogP contribution is 2.09. The SMILES string of the molecule is NC(=O)c1ccc(NC(=O)Cn2cnc3c(cnn3CCO)c2=O)cc1. The largest absolute Gasteiger partial charge is 0.394 e. The molecule has 10 heteroatoms. The monoisotopic (exact) mass is 356 g/mol. The summed E-state index contributed by atoms with van der Waals surface area (Å²) in [6.45, 7) is -0.134. The van der Waals surface area contributed by atoms with Crippen LogP contribution in [0, 0.1) is 0 Å². The van der Waals surface area contributed by atoms with Gasteiger partial charge in [-0.3, -0.25) is 19.0 Å². The zero-order valence-electron chi connectivity index (χ0n) is 13.6. The fourth-order valence-corrected chi connectivity index (χ4v) is 2.44. The highest BCUT2D eigenvalue weighted by atomic mass is 16.3. The van der Waals surface area contributed by atoms with Crippen LogP contribution in [0.25, 0.3) is 11.0 Å². The third-order valence-electron chi connectivity index (χ3n) is 3.70. The van der Waals surface area contributed by atoms with Crippen molar-refractivity contribution < 1.29 is 14.7 Å². The maximum atomic E-state index is 12.4. The normalized spacial score (nSPS) is 10.8. The Kier molecular flexibility index (Phi) is 4.76. The molecule has 0 aliphatic carbocycles. The number of aliphatic hydroxyl groups excluding tert-OH is 1. The van der Waals surface area contributed by atoms with Crippen molar-refractivity contribution in [3.05, 3.63) is 52.7 Å². The quantitative estimate of drug-likeness (QED) is 0.534. The Morgan fingerprint density at radius 1 is 1.23 bits per heavy atom. The molecule has 0 spiro atoms. The second kappa shape index (κ2) is 7.15. The Morgan fingerprint density at radius 3 is 2.62 bits per heavy atom. The summed E-state index contributed by atoms with van der Waals surface area (Å²) in [5, 5.41) is 15.9. The van der Waals surface area contributed by atoms with E-state index in [-0.39, 0.29) is 25.1 Å². The number of amides is 2. The van der Waals surface area contributed by atoms with E-state index in [1.165, 1.54) is 33.9 Å². The van der Waals surface area contributed by atoms with Crippen LogP contribution in [0.4, 0.5) is 5.69 Å². The average molecular weight is 356 g/mol. The molecule has 26 heavy (non-hydrogen) atoms. The number of fused-ring (bicyclic) bond motifs is 1. The molecule has 3 aromatic rings. The third-order valence-corrected chi connectivity index (χ3v) is 3.70. The van der Waals surface area contributed by atoms with E-state index < -0.39 is 17.4 Å². The number of nitrogens with zero attached hydrogens (tertiary/aromatic N) is 4. The maximum absolute atomic E-state index is 12.4. The van der Waals surface area contributed by atoms with Gasteiger partial charge in [-0.05, 0) is 24.3 Å². The summed E-state index contributed by atoms with van der Waals surface area (Å²) in [6, 6.07) is 6.07. The molecule has 0 fully saturated rings. The molecule has 1 aromatic carbocycles. The predicted molar refractivity (Wildman–Crippen MR) is 92.5 cm³/mol. The second-order valence-corrected chi connectivity index (χ2v) is 5.50. The lowest BCUT2D eigenvalue weighted by atomic mass is 10.2. The Hall–Kier alpha value is -3.53. The molecule has 0 aliphatic heterocycles. The first-order valence-electron chi connectivity index (χ1n) is 7.71. The first-order valence-corrected chi connectivity index (χ1v) is 7.71. The molecule has 134 valence electrons. The molecule has 0 atom stereocenters. The number of carbonyl (C=O) groups excluding carboxylic acids is 2. The van der Waals surface area contributed by atoms with Crippen LogP contribution >= 0.6 is 0 Å². The van der Waals surface area contributed by atoms with E-state index in [2.05, 4.69) is 15.4 Å². The minimum Gasteiger partial charge on any atom is -0.394 e. The predicted octanol–water partition coefficient (Wildman–Crippen LogP) is -0.677. The van der Waals surface area contributed by atoms with Crippen molar-refractivity contribution in [2.45, 2.75) is 13.1 Å². The van der Waals surface area contributed by atoms with Crippen molar-refractivity contribution in [2.24, 2.45) is 5.73 Å². The van der Waals surface area contributed by atoms with Crippen LogP contribution in [0.2, 0.25) is 0 Å². The van der Waals surface area contributed by atoms with Gasteiger partial charge in [-0.15, -0.1) is 0 Å². The molecular weight excluding hydrogens is 340 g/mol. The average Bonchev–Trinajstić information content (AvgIpc) is 3.02. The van der Waals surface area contributed by atoms with Gasteiger partial charge in [0.05, 0.1) is 19.3 Å². The molecule has 0 radical (unpaired) electrons. The molecule has 0 saturated heterocycles. The smallest absolute Gasteiger partial charge is 0.264 e. The van der Waals surface area contributed by atoms with Crippen LogP contribution in [0.3, 0.4) is 0 Å². The van der Waals surface area contributed by atoms with E-state index in [0.29, 0.717) is 16.9 Å². The van der Waals surface area contributed by atoms with Gasteiger partial charge < -0.3 is 16.2 Å². The topological polar surface area (TPSA) is 145 Å². The van der Waals surface area contributed by atoms with Gasteiger partial charge in [-0.2, -0.15) is 5.10 Å². The van der Waals surface area contributed by atoms with E-state index in [0.717, 1.165) is 0 Å². The molecule has 10 nitrogen and oxygen atoms in total. The summed E-state index contributed by atoms with van der Waals surface area (Å²) in [5.41, 5.74) is 5.90. The first-order chi connectivity index (χ1) is 12.5. The molecule has 0 bridgehead atoms. The number of anilines is 1. The molecule has 0 unspecified atom stereocenters. The summed E-state index contributed by atoms with van der Waals surface area (Å²) in [6.07, 6.45) is 2.62. The van der Waals surface area contributed by atoms with E-state index >= 15 is 0 Å². The first kappa shape index (κ1) is 17.3. The van der Waals surface area contributed by atoms with Crippen molar-refractivity contribution in [1.82, 2.24) is 19.3 Å². The van der Waals surface area contributed by atoms with Gasteiger partial charge in [0.25, 0.3) is 5.56 Å². The molecule has 3 rings (SSSR count). The van der Waals surface area contributed by atoms with Gasteiger partial charge >= 0.3 is 0 Å². The van der Waals surface area contributed by atoms with Crippen LogP contribution in [-0.4, -0.2) is 42.9 Å². The van der Waals surface area contributed by atoms with Crippen molar-refractivity contribution >= 4 is 28.5 Å². The van der Waals surface area contributed by atoms with E-state index in [4.69, 9.17) is 10.8 Å². The lowest BCUT2D eigenvalue weighted by Crippen LogP contribution is -2.28. The van der Waals surface area contributed by atoms with Gasteiger partial charge in [-0.25, -0.2) is 9.67 Å².